The van der Waals surface area contributed by atoms with E-state index in [4.69, 9.17) is 4.74 Å². The minimum atomic E-state index is -4.31. The number of alkyl halides is 3. The molecule has 1 N–H and O–H groups in total. The Hall–Kier alpha value is -1.39. The molecule has 5 heteroatoms. The van der Waals surface area contributed by atoms with Gasteiger partial charge in [0.25, 0.3) is 0 Å². The Morgan fingerprint density at radius 3 is 2.71 bits per heavy atom. The summed E-state index contributed by atoms with van der Waals surface area (Å²) >= 11 is 0. The van der Waals surface area contributed by atoms with Crippen LogP contribution in [-0.4, -0.2) is 19.3 Å². The SMILES string of the molecule is CC1CCCC(CNc2ccccc2OCC(F)(F)F)C1. The van der Waals surface area contributed by atoms with Crippen LogP contribution < -0.4 is 10.1 Å². The number of ether oxygens (including phenoxy) is 1. The average molecular weight is 301 g/mol. The van der Waals surface area contributed by atoms with Crippen LogP contribution in [-0.2, 0) is 0 Å². The van der Waals surface area contributed by atoms with Crippen LogP contribution in [0.25, 0.3) is 0 Å². The Bertz CT molecular complexity index is 447. The van der Waals surface area contributed by atoms with E-state index in [1.165, 1.54) is 25.7 Å². The van der Waals surface area contributed by atoms with Gasteiger partial charge in [-0.25, -0.2) is 0 Å². The Morgan fingerprint density at radius 2 is 2.00 bits per heavy atom. The van der Waals surface area contributed by atoms with E-state index in [0.717, 1.165) is 12.5 Å². The number of hydrogen-bond donors (Lipinski definition) is 1. The van der Waals surface area contributed by atoms with E-state index >= 15 is 0 Å². The second-order valence-electron chi connectivity index (χ2n) is 5.92. The van der Waals surface area contributed by atoms with Crippen molar-refractivity contribution < 1.29 is 17.9 Å². The van der Waals surface area contributed by atoms with Crippen molar-refractivity contribution in [2.24, 2.45) is 11.8 Å². The van der Waals surface area contributed by atoms with Crippen LogP contribution in [0.5, 0.6) is 5.75 Å². The van der Waals surface area contributed by atoms with Crippen molar-refractivity contribution in [3.63, 3.8) is 0 Å². The van der Waals surface area contributed by atoms with Crippen molar-refractivity contribution in [2.45, 2.75) is 38.8 Å². The maximum Gasteiger partial charge on any atom is 0.422 e. The van der Waals surface area contributed by atoms with Gasteiger partial charge in [0.2, 0.25) is 0 Å². The largest absolute Gasteiger partial charge is 0.482 e. The molecule has 21 heavy (non-hydrogen) atoms. The molecule has 2 unspecified atom stereocenters. The van der Waals surface area contributed by atoms with Crippen molar-refractivity contribution in [2.75, 3.05) is 18.5 Å². The molecule has 1 aromatic rings. The highest BCUT2D eigenvalue weighted by Gasteiger charge is 2.28. The molecule has 1 saturated carbocycles. The van der Waals surface area contributed by atoms with E-state index in [1.54, 1.807) is 24.3 Å². The van der Waals surface area contributed by atoms with Gasteiger partial charge in [-0.15, -0.1) is 0 Å². The van der Waals surface area contributed by atoms with Crippen LogP contribution >= 0.6 is 0 Å². The molecule has 1 fully saturated rings. The lowest BCUT2D eigenvalue weighted by atomic mass is 9.82. The predicted molar refractivity (Wildman–Crippen MR) is 77.6 cm³/mol. The molecule has 0 heterocycles. The predicted octanol–water partition coefficient (Wildman–Crippen LogP) is 4.87. The second-order valence-corrected chi connectivity index (χ2v) is 5.92. The third kappa shape index (κ3) is 5.48. The molecule has 0 saturated heterocycles. The number of nitrogens with one attached hydrogen (secondary N) is 1. The molecule has 0 amide bonds. The molecule has 0 aromatic heterocycles. The summed E-state index contributed by atoms with van der Waals surface area (Å²) in [6.45, 7) is 1.79. The van der Waals surface area contributed by atoms with Crippen molar-refractivity contribution in [1.82, 2.24) is 0 Å². The maximum absolute atomic E-state index is 12.2. The normalized spacial score (nSPS) is 22.9. The molecule has 0 radical (unpaired) electrons. The third-order valence-corrected chi connectivity index (χ3v) is 3.90. The van der Waals surface area contributed by atoms with Gasteiger partial charge in [-0.2, -0.15) is 13.2 Å². The monoisotopic (exact) mass is 301 g/mol. The van der Waals surface area contributed by atoms with Gasteiger partial charge in [-0.1, -0.05) is 31.9 Å². The zero-order valence-corrected chi connectivity index (χ0v) is 12.2. The van der Waals surface area contributed by atoms with Crippen LogP contribution in [0.15, 0.2) is 24.3 Å². The molecule has 2 rings (SSSR count). The van der Waals surface area contributed by atoms with E-state index in [1.807, 2.05) is 0 Å². The molecular formula is C16H22F3NO. The lowest BCUT2D eigenvalue weighted by molar-refractivity contribution is -0.153. The van der Waals surface area contributed by atoms with Gasteiger partial charge in [0, 0.05) is 6.54 Å². The first-order chi connectivity index (χ1) is 9.94. The first kappa shape index (κ1) is 16.0. The zero-order chi connectivity index (χ0) is 15.3. The number of anilines is 1. The number of halogens is 3. The lowest BCUT2D eigenvalue weighted by Crippen LogP contribution is -2.22. The summed E-state index contributed by atoms with van der Waals surface area (Å²) in [6, 6.07) is 6.81. The summed E-state index contributed by atoms with van der Waals surface area (Å²) in [5.41, 5.74) is 0.639. The summed E-state index contributed by atoms with van der Waals surface area (Å²) in [4.78, 5) is 0. The molecule has 0 spiro atoms. The summed E-state index contributed by atoms with van der Waals surface area (Å²) in [6.07, 6.45) is 0.564. The molecule has 1 aliphatic rings. The zero-order valence-electron chi connectivity index (χ0n) is 12.2. The van der Waals surface area contributed by atoms with Gasteiger partial charge in [0.05, 0.1) is 5.69 Å². The van der Waals surface area contributed by atoms with Gasteiger partial charge >= 0.3 is 6.18 Å². The van der Waals surface area contributed by atoms with Crippen molar-refractivity contribution in [1.29, 1.82) is 0 Å². The molecule has 1 aliphatic carbocycles. The first-order valence-corrected chi connectivity index (χ1v) is 7.46. The van der Waals surface area contributed by atoms with E-state index in [-0.39, 0.29) is 5.75 Å². The van der Waals surface area contributed by atoms with Gasteiger partial charge in [-0.05, 0) is 36.8 Å². The summed E-state index contributed by atoms with van der Waals surface area (Å²) < 4.78 is 41.6. The smallest absolute Gasteiger partial charge is 0.422 e. The molecule has 2 atom stereocenters. The van der Waals surface area contributed by atoms with Crippen LogP contribution in [0.4, 0.5) is 18.9 Å². The van der Waals surface area contributed by atoms with Crippen LogP contribution in [0.2, 0.25) is 0 Å². The van der Waals surface area contributed by atoms with Gasteiger partial charge in [0.15, 0.2) is 6.61 Å². The van der Waals surface area contributed by atoms with E-state index in [0.29, 0.717) is 11.6 Å². The number of rotatable bonds is 5. The topological polar surface area (TPSA) is 21.3 Å². The number of para-hydroxylation sites is 2. The fourth-order valence-electron chi connectivity index (χ4n) is 2.90. The minimum Gasteiger partial charge on any atom is -0.482 e. The van der Waals surface area contributed by atoms with Crippen LogP contribution in [0.3, 0.4) is 0 Å². The Balaban J connectivity index is 1.90. The fourth-order valence-corrected chi connectivity index (χ4v) is 2.90. The highest BCUT2D eigenvalue weighted by Crippen LogP contribution is 2.31. The summed E-state index contributed by atoms with van der Waals surface area (Å²) in [5, 5.41) is 3.25. The van der Waals surface area contributed by atoms with Gasteiger partial charge in [0.1, 0.15) is 5.75 Å². The molecule has 0 bridgehead atoms. The molecule has 0 aliphatic heterocycles. The maximum atomic E-state index is 12.2. The van der Waals surface area contributed by atoms with E-state index in [2.05, 4.69) is 12.2 Å². The molecule has 1 aromatic carbocycles. The van der Waals surface area contributed by atoms with Crippen molar-refractivity contribution in [3.8, 4) is 5.75 Å². The second kappa shape index (κ2) is 7.05. The molecule has 2 nitrogen and oxygen atoms in total. The molecular weight excluding hydrogens is 279 g/mol. The first-order valence-electron chi connectivity index (χ1n) is 7.46. The Morgan fingerprint density at radius 1 is 1.24 bits per heavy atom. The standard InChI is InChI=1S/C16H22F3NO/c1-12-5-4-6-13(9-12)10-20-14-7-2-3-8-15(14)21-11-16(17,18)19/h2-3,7-8,12-13,20H,4-6,9-11H2,1H3. The fraction of sp³-hybridized carbons (Fsp3) is 0.625. The Kier molecular flexibility index (Phi) is 5.37. The van der Waals surface area contributed by atoms with Crippen LogP contribution in [0, 0.1) is 11.8 Å². The molecule has 118 valence electrons. The minimum absolute atomic E-state index is 0.263. The Labute approximate surface area is 123 Å². The van der Waals surface area contributed by atoms with Gasteiger partial charge in [-0.3, -0.25) is 0 Å². The van der Waals surface area contributed by atoms with E-state index in [9.17, 15) is 13.2 Å². The highest BCUT2D eigenvalue weighted by molar-refractivity contribution is 5.56. The quantitative estimate of drug-likeness (QED) is 0.838. The van der Waals surface area contributed by atoms with E-state index < -0.39 is 12.8 Å². The summed E-state index contributed by atoms with van der Waals surface area (Å²) in [5.74, 6) is 1.59. The number of benzene rings is 1. The van der Waals surface area contributed by atoms with Crippen molar-refractivity contribution >= 4 is 5.69 Å². The van der Waals surface area contributed by atoms with Crippen molar-refractivity contribution in [3.05, 3.63) is 24.3 Å². The van der Waals surface area contributed by atoms with Crippen LogP contribution in [0.1, 0.15) is 32.6 Å². The summed E-state index contributed by atoms with van der Waals surface area (Å²) in [7, 11) is 0. The lowest BCUT2D eigenvalue weighted by Gasteiger charge is -2.27. The number of hydrogen-bond acceptors (Lipinski definition) is 2. The third-order valence-electron chi connectivity index (χ3n) is 3.90. The van der Waals surface area contributed by atoms with Gasteiger partial charge < -0.3 is 10.1 Å². The average Bonchev–Trinajstić information content (AvgIpc) is 2.43. The highest BCUT2D eigenvalue weighted by atomic mass is 19.4.